The number of thioether (sulfide) groups is 1. The van der Waals surface area contributed by atoms with E-state index in [-0.39, 0.29) is 11.4 Å². The van der Waals surface area contributed by atoms with E-state index in [9.17, 15) is 4.79 Å². The maximum atomic E-state index is 12.9. The second-order valence-electron chi connectivity index (χ2n) is 7.31. The van der Waals surface area contributed by atoms with Gasteiger partial charge in [0.1, 0.15) is 5.15 Å². The van der Waals surface area contributed by atoms with Crippen molar-refractivity contribution in [1.82, 2.24) is 10.3 Å². The van der Waals surface area contributed by atoms with Gasteiger partial charge in [0.25, 0.3) is 0 Å². The average Bonchev–Trinajstić information content (AvgIpc) is 3.27. The fraction of sp³-hybridized carbons (Fsp3) is 0.429. The first kappa shape index (κ1) is 18.6. The molecule has 142 valence electrons. The van der Waals surface area contributed by atoms with E-state index in [0.29, 0.717) is 18.2 Å². The molecule has 6 heteroatoms. The number of amides is 2. The lowest BCUT2D eigenvalue weighted by Gasteiger charge is -2.24. The molecule has 1 spiro atoms. The molecule has 2 heterocycles. The summed E-state index contributed by atoms with van der Waals surface area (Å²) in [6.45, 7) is 3.37. The summed E-state index contributed by atoms with van der Waals surface area (Å²) in [5, 5.41) is 3.58. The highest BCUT2D eigenvalue weighted by Crippen LogP contribution is 2.49. The van der Waals surface area contributed by atoms with E-state index < -0.39 is 0 Å². The van der Waals surface area contributed by atoms with Crippen LogP contribution in [0.25, 0.3) is 0 Å². The van der Waals surface area contributed by atoms with Crippen molar-refractivity contribution in [1.29, 1.82) is 0 Å². The number of benzene rings is 1. The molecule has 1 aromatic carbocycles. The number of aromatic nitrogens is 1. The van der Waals surface area contributed by atoms with Crippen LogP contribution in [0.15, 0.2) is 41.3 Å². The quantitative estimate of drug-likeness (QED) is 0.551. The summed E-state index contributed by atoms with van der Waals surface area (Å²) in [5.41, 5.74) is 3.00. The van der Waals surface area contributed by atoms with E-state index in [4.69, 9.17) is 11.6 Å². The number of carbonyl (C=O) groups excluding carboxylic acids is 1. The number of pyridine rings is 1. The number of hydrogen-bond acceptors (Lipinski definition) is 3. The Morgan fingerprint density at radius 3 is 2.67 bits per heavy atom. The molecule has 1 fully saturated rings. The lowest BCUT2D eigenvalue weighted by atomic mass is 9.84. The number of carbonyl (C=O) groups is 1. The summed E-state index contributed by atoms with van der Waals surface area (Å²) in [7, 11) is 0. The third-order valence-corrected chi connectivity index (χ3v) is 6.68. The zero-order valence-corrected chi connectivity index (χ0v) is 17.1. The molecule has 27 heavy (non-hydrogen) atoms. The largest absolute Gasteiger partial charge is 0.334 e. The van der Waals surface area contributed by atoms with Crippen LogP contribution in [-0.4, -0.2) is 23.3 Å². The first-order chi connectivity index (χ1) is 13.1. The molecular weight excluding hydrogens is 378 g/mol. The van der Waals surface area contributed by atoms with Crippen molar-refractivity contribution in [3.05, 3.63) is 52.8 Å². The first-order valence-corrected chi connectivity index (χ1v) is 10.9. The number of nitrogens with zero attached hydrogens (tertiary/aromatic N) is 2. The van der Waals surface area contributed by atoms with Crippen LogP contribution in [0.4, 0.5) is 10.5 Å². The Labute approximate surface area is 169 Å². The molecule has 4 nitrogen and oxygen atoms in total. The summed E-state index contributed by atoms with van der Waals surface area (Å²) < 4.78 is 0. The molecule has 4 rings (SSSR count). The van der Waals surface area contributed by atoms with Crippen LogP contribution in [0, 0.1) is 0 Å². The molecule has 0 saturated heterocycles. The normalized spacial score (nSPS) is 17.3. The van der Waals surface area contributed by atoms with Crippen molar-refractivity contribution in [2.45, 2.75) is 49.5 Å². The van der Waals surface area contributed by atoms with E-state index in [1.54, 1.807) is 6.07 Å². The van der Waals surface area contributed by atoms with Gasteiger partial charge in [-0.15, -0.1) is 11.8 Å². The summed E-state index contributed by atoms with van der Waals surface area (Å²) >= 11 is 7.98. The van der Waals surface area contributed by atoms with Gasteiger partial charge in [-0.2, -0.15) is 0 Å². The van der Waals surface area contributed by atoms with Crippen molar-refractivity contribution in [2.75, 3.05) is 17.2 Å². The Morgan fingerprint density at radius 1 is 1.22 bits per heavy atom. The highest BCUT2D eigenvalue weighted by molar-refractivity contribution is 7.99. The van der Waals surface area contributed by atoms with Crippen molar-refractivity contribution in [3.63, 3.8) is 0 Å². The summed E-state index contributed by atoms with van der Waals surface area (Å²) in [5.74, 6) is 1.06. The minimum Gasteiger partial charge on any atom is -0.334 e. The Balaban J connectivity index is 1.48. The van der Waals surface area contributed by atoms with Crippen LogP contribution in [0.1, 0.15) is 43.9 Å². The summed E-state index contributed by atoms with van der Waals surface area (Å²) in [6, 6.07) is 12.0. The number of fused-ring (bicyclic) bond motifs is 2. The lowest BCUT2D eigenvalue weighted by Crippen LogP contribution is -2.41. The van der Waals surface area contributed by atoms with Gasteiger partial charge in [0, 0.05) is 23.4 Å². The predicted molar refractivity (Wildman–Crippen MR) is 112 cm³/mol. The van der Waals surface area contributed by atoms with Gasteiger partial charge in [-0.1, -0.05) is 43.5 Å². The zero-order valence-electron chi connectivity index (χ0n) is 15.5. The molecule has 1 N–H and O–H groups in total. The van der Waals surface area contributed by atoms with E-state index in [1.807, 2.05) is 22.7 Å². The Hall–Kier alpha value is -1.72. The van der Waals surface area contributed by atoms with Crippen LogP contribution in [0.5, 0.6) is 0 Å². The van der Waals surface area contributed by atoms with Gasteiger partial charge >= 0.3 is 6.03 Å². The Morgan fingerprint density at radius 2 is 1.96 bits per heavy atom. The zero-order chi connectivity index (χ0) is 18.9. The number of halogens is 1. The van der Waals surface area contributed by atoms with E-state index in [1.165, 1.54) is 17.7 Å². The molecule has 1 aromatic heterocycles. The molecule has 0 unspecified atom stereocenters. The fourth-order valence-corrected chi connectivity index (χ4v) is 5.08. The number of anilines is 1. The van der Waals surface area contributed by atoms with Gasteiger partial charge < -0.3 is 5.32 Å². The lowest BCUT2D eigenvalue weighted by molar-refractivity contribution is 0.245. The average molecular weight is 402 g/mol. The molecule has 1 saturated carbocycles. The molecule has 0 bridgehead atoms. The molecule has 1 aliphatic carbocycles. The highest BCUT2D eigenvalue weighted by atomic mass is 35.5. The summed E-state index contributed by atoms with van der Waals surface area (Å²) in [6.07, 6.45) is 4.53. The van der Waals surface area contributed by atoms with Gasteiger partial charge in [-0.25, -0.2) is 9.78 Å². The molecule has 2 aliphatic rings. The maximum absolute atomic E-state index is 12.9. The minimum absolute atomic E-state index is 0.0173. The first-order valence-electron chi connectivity index (χ1n) is 9.55. The van der Waals surface area contributed by atoms with Crippen LogP contribution in [0.3, 0.4) is 0 Å². The van der Waals surface area contributed by atoms with Gasteiger partial charge in [-0.3, -0.25) is 4.90 Å². The maximum Gasteiger partial charge on any atom is 0.322 e. The van der Waals surface area contributed by atoms with E-state index >= 15 is 0 Å². The Bertz CT molecular complexity index is 834. The molecule has 0 radical (unpaired) electrons. The smallest absolute Gasteiger partial charge is 0.322 e. The van der Waals surface area contributed by atoms with Gasteiger partial charge in [0.2, 0.25) is 0 Å². The van der Waals surface area contributed by atoms with Crippen LogP contribution < -0.4 is 10.2 Å². The molecular formula is C21H24ClN3OS. The molecule has 2 aromatic rings. The number of urea groups is 1. The highest BCUT2D eigenvalue weighted by Gasteiger charge is 2.47. The van der Waals surface area contributed by atoms with Gasteiger partial charge in [-0.05, 0) is 48.4 Å². The van der Waals surface area contributed by atoms with Crippen LogP contribution in [-0.2, 0) is 12.0 Å². The van der Waals surface area contributed by atoms with Crippen molar-refractivity contribution < 1.29 is 4.79 Å². The van der Waals surface area contributed by atoms with Gasteiger partial charge in [0.05, 0.1) is 11.4 Å². The van der Waals surface area contributed by atoms with Gasteiger partial charge in [0.15, 0.2) is 0 Å². The second kappa shape index (κ2) is 7.72. The minimum atomic E-state index is -0.0591. The third kappa shape index (κ3) is 3.67. The number of nitrogens with one attached hydrogen (secondary N) is 1. The number of hydrogen-bond donors (Lipinski definition) is 1. The van der Waals surface area contributed by atoms with Crippen molar-refractivity contribution in [3.8, 4) is 0 Å². The third-order valence-electron chi connectivity index (χ3n) is 5.58. The monoisotopic (exact) mass is 401 g/mol. The van der Waals surface area contributed by atoms with E-state index in [0.717, 1.165) is 35.5 Å². The second-order valence-corrected chi connectivity index (χ2v) is 9.04. The molecule has 1 aliphatic heterocycles. The Kier molecular flexibility index (Phi) is 5.33. The van der Waals surface area contributed by atoms with Crippen molar-refractivity contribution in [2.24, 2.45) is 0 Å². The SMILES string of the molecule is CCSc1ccc(CNC(=O)N2CC3(CCCC3)c3nc(Cl)ccc32)cc1. The van der Waals surface area contributed by atoms with Crippen LogP contribution >= 0.6 is 23.4 Å². The standard InChI is InChI=1S/C21H24ClN3OS/c1-2-27-16-7-5-15(6-8-16)13-23-20(26)25-14-21(11-3-4-12-21)19-17(25)9-10-18(22)24-19/h5-10H,2-4,11-14H2,1H3,(H,23,26). The number of rotatable bonds is 4. The van der Waals surface area contributed by atoms with E-state index in [2.05, 4.69) is 41.5 Å². The van der Waals surface area contributed by atoms with Crippen molar-refractivity contribution >= 4 is 35.1 Å². The van der Waals surface area contributed by atoms with Crippen LogP contribution in [0.2, 0.25) is 5.15 Å². The fourth-order valence-electron chi connectivity index (χ4n) is 4.27. The topological polar surface area (TPSA) is 45.2 Å². The summed E-state index contributed by atoms with van der Waals surface area (Å²) in [4.78, 5) is 20.6. The molecule has 0 atom stereocenters. The molecule has 2 amide bonds. The predicted octanol–water partition coefficient (Wildman–Crippen LogP) is 5.39.